The van der Waals surface area contributed by atoms with Gasteiger partial charge < -0.3 is 14.8 Å². The fourth-order valence-electron chi connectivity index (χ4n) is 3.69. The van der Waals surface area contributed by atoms with Crippen molar-refractivity contribution < 1.29 is 22.7 Å². The lowest BCUT2D eigenvalue weighted by Gasteiger charge is -2.21. The number of sulfone groups is 1. The molecule has 1 saturated heterocycles. The minimum absolute atomic E-state index is 0.0775. The van der Waals surface area contributed by atoms with Crippen molar-refractivity contribution in [3.8, 4) is 0 Å². The minimum atomic E-state index is -3.74. The van der Waals surface area contributed by atoms with Crippen LogP contribution in [0.2, 0.25) is 0 Å². The van der Waals surface area contributed by atoms with Gasteiger partial charge in [0.25, 0.3) is 11.7 Å². The van der Waals surface area contributed by atoms with Gasteiger partial charge >= 0.3 is 0 Å². The number of ether oxygens (including phenoxy) is 2. The summed E-state index contributed by atoms with van der Waals surface area (Å²) in [5, 5.41) is 2.74. The van der Waals surface area contributed by atoms with Gasteiger partial charge in [0.15, 0.2) is 0 Å². The smallest absolute Gasteiger partial charge is 0.289 e. The van der Waals surface area contributed by atoms with Crippen LogP contribution in [0.1, 0.15) is 17.2 Å². The molecule has 0 radical (unpaired) electrons. The van der Waals surface area contributed by atoms with Gasteiger partial charge in [-0.05, 0) is 35.9 Å². The second-order valence-corrected chi connectivity index (χ2v) is 8.87. The lowest BCUT2D eigenvalue weighted by atomic mass is 10.1. The highest BCUT2D eigenvalue weighted by molar-refractivity contribution is 7.91. The van der Waals surface area contributed by atoms with Crippen molar-refractivity contribution in [1.29, 1.82) is 0 Å². The van der Waals surface area contributed by atoms with Crippen molar-refractivity contribution in [1.82, 2.24) is 0 Å². The van der Waals surface area contributed by atoms with Crippen molar-refractivity contribution in [2.45, 2.75) is 21.7 Å². The van der Waals surface area contributed by atoms with E-state index >= 15 is 0 Å². The van der Waals surface area contributed by atoms with Gasteiger partial charge in [-0.3, -0.25) is 4.79 Å². The molecular weight excluding hydrogens is 390 g/mol. The van der Waals surface area contributed by atoms with E-state index in [1.54, 1.807) is 24.3 Å². The standard InChI is InChI=1S/C22H17NO5S/c24-21-22(27-14-20(28-22)15-7-3-1-4-8-15)18-13-17(11-12-19(18)23-21)29(25,26)16-9-5-2-6-10-16/h1-13,20H,14H2,(H,23,24)/t20?,22-/m1/s1. The van der Waals surface area contributed by atoms with Crippen LogP contribution in [0.5, 0.6) is 0 Å². The number of nitrogens with one attached hydrogen (secondary N) is 1. The van der Waals surface area contributed by atoms with E-state index in [0.29, 0.717) is 11.3 Å². The molecule has 6 nitrogen and oxygen atoms in total. The summed E-state index contributed by atoms with van der Waals surface area (Å²) in [6.45, 7) is 0.187. The summed E-state index contributed by atoms with van der Waals surface area (Å²) in [4.78, 5) is 13.0. The number of amides is 1. The van der Waals surface area contributed by atoms with Crippen molar-refractivity contribution >= 4 is 21.4 Å². The Morgan fingerprint density at radius 3 is 2.31 bits per heavy atom. The molecule has 29 heavy (non-hydrogen) atoms. The molecular formula is C22H17NO5S. The first-order valence-electron chi connectivity index (χ1n) is 9.13. The number of anilines is 1. The molecule has 5 rings (SSSR count). The zero-order valence-electron chi connectivity index (χ0n) is 15.2. The number of hydrogen-bond donors (Lipinski definition) is 1. The highest BCUT2D eigenvalue weighted by atomic mass is 32.2. The first kappa shape index (κ1) is 18.1. The number of hydrogen-bond acceptors (Lipinski definition) is 5. The molecule has 146 valence electrons. The zero-order chi connectivity index (χ0) is 20.1. The largest absolute Gasteiger partial charge is 0.335 e. The molecule has 0 aromatic heterocycles. The van der Waals surface area contributed by atoms with Gasteiger partial charge in [0.2, 0.25) is 9.84 Å². The summed E-state index contributed by atoms with van der Waals surface area (Å²) < 4.78 is 38.0. The molecule has 3 aromatic carbocycles. The van der Waals surface area contributed by atoms with Crippen molar-refractivity contribution in [2.75, 3.05) is 11.9 Å². The summed E-state index contributed by atoms with van der Waals surface area (Å²) in [5.41, 5.74) is 1.74. The van der Waals surface area contributed by atoms with Crippen LogP contribution in [0.25, 0.3) is 0 Å². The summed E-state index contributed by atoms with van der Waals surface area (Å²) in [5.74, 6) is -2.11. The predicted octanol–water partition coefficient (Wildman–Crippen LogP) is 3.41. The third-order valence-corrected chi connectivity index (χ3v) is 6.94. The summed E-state index contributed by atoms with van der Waals surface area (Å²) in [6.07, 6.45) is -0.428. The molecule has 0 saturated carbocycles. The lowest BCUT2D eigenvalue weighted by Crippen LogP contribution is -2.35. The normalized spacial score (nSPS) is 23.2. The number of carbonyl (C=O) groups is 1. The molecule has 2 aliphatic rings. The maximum Gasteiger partial charge on any atom is 0.289 e. The van der Waals surface area contributed by atoms with E-state index in [4.69, 9.17) is 9.47 Å². The molecule has 0 bridgehead atoms. The van der Waals surface area contributed by atoms with Gasteiger partial charge in [-0.1, -0.05) is 48.5 Å². The zero-order valence-corrected chi connectivity index (χ0v) is 16.1. The Hall–Kier alpha value is -3.00. The average Bonchev–Trinajstić information content (AvgIpc) is 3.32. The first-order valence-corrected chi connectivity index (χ1v) is 10.6. The van der Waals surface area contributed by atoms with E-state index in [0.717, 1.165) is 5.56 Å². The highest BCUT2D eigenvalue weighted by Crippen LogP contribution is 2.48. The molecule has 2 heterocycles. The van der Waals surface area contributed by atoms with Gasteiger partial charge in [0, 0.05) is 5.56 Å². The lowest BCUT2D eigenvalue weighted by molar-refractivity contribution is -0.184. The Bertz CT molecular complexity index is 1190. The number of carbonyl (C=O) groups excluding carboxylic acids is 1. The third kappa shape index (κ3) is 2.78. The number of benzene rings is 3. The maximum atomic E-state index is 13.0. The van der Waals surface area contributed by atoms with Crippen LogP contribution >= 0.6 is 0 Å². The molecule has 1 fully saturated rings. The monoisotopic (exact) mass is 407 g/mol. The van der Waals surface area contributed by atoms with E-state index in [9.17, 15) is 13.2 Å². The van der Waals surface area contributed by atoms with E-state index in [-0.39, 0.29) is 16.4 Å². The average molecular weight is 407 g/mol. The van der Waals surface area contributed by atoms with Crippen LogP contribution in [0, 0.1) is 0 Å². The summed E-state index contributed by atoms with van der Waals surface area (Å²) >= 11 is 0. The van der Waals surface area contributed by atoms with Gasteiger partial charge in [0.05, 0.1) is 22.1 Å². The van der Waals surface area contributed by atoms with E-state index in [1.165, 1.54) is 24.3 Å². The molecule has 1 N–H and O–H groups in total. The Balaban J connectivity index is 1.56. The summed E-state index contributed by atoms with van der Waals surface area (Å²) in [7, 11) is -3.74. The minimum Gasteiger partial charge on any atom is -0.335 e. The van der Waals surface area contributed by atoms with Crippen LogP contribution in [0.3, 0.4) is 0 Å². The predicted molar refractivity (Wildman–Crippen MR) is 105 cm³/mol. The molecule has 1 unspecified atom stereocenters. The Labute approximate surface area is 168 Å². The number of rotatable bonds is 3. The molecule has 1 amide bonds. The quantitative estimate of drug-likeness (QED) is 0.720. The highest BCUT2D eigenvalue weighted by Gasteiger charge is 2.55. The van der Waals surface area contributed by atoms with Crippen molar-refractivity contribution in [3.63, 3.8) is 0 Å². The van der Waals surface area contributed by atoms with Crippen LogP contribution in [-0.2, 0) is 29.9 Å². The fraction of sp³-hybridized carbons (Fsp3) is 0.136. The van der Waals surface area contributed by atoms with E-state index < -0.39 is 27.6 Å². The third-order valence-electron chi connectivity index (χ3n) is 5.17. The van der Waals surface area contributed by atoms with Gasteiger partial charge in [-0.25, -0.2) is 8.42 Å². The molecule has 1 spiro atoms. The number of fused-ring (bicyclic) bond motifs is 2. The maximum absolute atomic E-state index is 13.0. The Morgan fingerprint density at radius 1 is 0.897 bits per heavy atom. The Kier molecular flexibility index (Phi) is 4.06. The molecule has 3 aromatic rings. The van der Waals surface area contributed by atoms with Crippen LogP contribution < -0.4 is 5.32 Å². The van der Waals surface area contributed by atoms with Gasteiger partial charge in [-0.15, -0.1) is 0 Å². The molecule has 2 atom stereocenters. The summed E-state index contributed by atoms with van der Waals surface area (Å²) in [6, 6.07) is 22.1. The SMILES string of the molecule is O=C1Nc2ccc(S(=O)(=O)c3ccccc3)cc2[C@]12OCC(c1ccccc1)O2. The molecule has 2 aliphatic heterocycles. The van der Waals surface area contributed by atoms with Gasteiger partial charge in [0.1, 0.15) is 6.10 Å². The van der Waals surface area contributed by atoms with Crippen LogP contribution in [0.4, 0.5) is 5.69 Å². The van der Waals surface area contributed by atoms with E-state index in [1.807, 2.05) is 30.3 Å². The molecule has 7 heteroatoms. The van der Waals surface area contributed by atoms with E-state index in [2.05, 4.69) is 5.32 Å². The van der Waals surface area contributed by atoms with Crippen molar-refractivity contribution in [2.24, 2.45) is 0 Å². The van der Waals surface area contributed by atoms with Crippen LogP contribution in [-0.4, -0.2) is 20.9 Å². The van der Waals surface area contributed by atoms with Crippen molar-refractivity contribution in [3.05, 3.63) is 90.0 Å². The van der Waals surface area contributed by atoms with Crippen LogP contribution in [0.15, 0.2) is 88.7 Å². The fourth-order valence-corrected chi connectivity index (χ4v) is 5.00. The van der Waals surface area contributed by atoms with Gasteiger partial charge in [-0.2, -0.15) is 0 Å². The second kappa shape index (κ2) is 6.52. The molecule has 0 aliphatic carbocycles. The second-order valence-electron chi connectivity index (χ2n) is 6.92. The Morgan fingerprint density at radius 2 is 1.59 bits per heavy atom. The topological polar surface area (TPSA) is 81.7 Å². The first-order chi connectivity index (χ1) is 14.0.